The summed E-state index contributed by atoms with van der Waals surface area (Å²) in [5, 5.41) is 7.46. The molecule has 0 aliphatic rings. The molecule has 4 nitrogen and oxygen atoms in total. The summed E-state index contributed by atoms with van der Waals surface area (Å²) < 4.78 is 7.29. The second-order valence-corrected chi connectivity index (χ2v) is 17.7. The lowest BCUT2D eigenvalue weighted by Gasteiger charge is -2.26. The van der Waals surface area contributed by atoms with Crippen LogP contribution in [0.15, 0.2) is 243 Å². The molecular weight excluding hydrogens is 809 g/mol. The Hall–Kier alpha value is -8.38. The number of hydrogen-bond acceptors (Lipinski definition) is 3. The molecule has 0 bridgehead atoms. The van der Waals surface area contributed by atoms with Crippen molar-refractivity contribution in [3.05, 3.63) is 243 Å². The quantitative estimate of drug-likeness (QED) is 0.151. The average molecular weight is 849 g/mol. The van der Waals surface area contributed by atoms with Crippen molar-refractivity contribution in [2.24, 2.45) is 0 Å². The molecule has 0 saturated carbocycles. The van der Waals surface area contributed by atoms with Crippen molar-refractivity contribution >= 4 is 109 Å². The van der Waals surface area contributed by atoms with Crippen LogP contribution in [0.25, 0.3) is 75.2 Å². The molecule has 0 aliphatic heterocycles. The topological polar surface area (TPSA) is 16.3 Å². The van der Waals surface area contributed by atoms with E-state index in [1.54, 1.807) is 0 Å². The third kappa shape index (κ3) is 6.12. The van der Waals surface area contributed by atoms with Crippen LogP contribution in [0, 0.1) is 0 Å². The molecule has 0 saturated heterocycles. The Bertz CT molecular complexity index is 3890. The van der Waals surface area contributed by atoms with Crippen molar-refractivity contribution in [3.63, 3.8) is 0 Å². The zero-order valence-electron chi connectivity index (χ0n) is 35.3. The fraction of sp³-hybridized carbons (Fsp3) is 0. The maximum atomic E-state index is 2.39. The van der Waals surface area contributed by atoms with Gasteiger partial charge in [-0.2, -0.15) is 0 Å². The summed E-state index contributed by atoms with van der Waals surface area (Å²) in [5.41, 5.74) is 13.7. The fourth-order valence-corrected chi connectivity index (χ4v) is 11.1. The Morgan fingerprint density at radius 2 is 0.631 bits per heavy atom. The Labute approximate surface area is 380 Å². The van der Waals surface area contributed by atoms with E-state index in [2.05, 4.69) is 262 Å². The first-order valence-electron chi connectivity index (χ1n) is 22.1. The van der Waals surface area contributed by atoms with Gasteiger partial charge in [0.25, 0.3) is 0 Å². The van der Waals surface area contributed by atoms with E-state index >= 15 is 0 Å². The van der Waals surface area contributed by atoms with Crippen LogP contribution in [0.1, 0.15) is 0 Å². The highest BCUT2D eigenvalue weighted by atomic mass is 32.1. The molecule has 0 spiro atoms. The second kappa shape index (κ2) is 15.2. The molecule has 0 radical (unpaired) electrons. The average Bonchev–Trinajstić information content (AvgIpc) is 4.02. The number of fused-ring (bicyclic) bond motifs is 9. The van der Waals surface area contributed by atoms with Crippen LogP contribution in [-0.4, -0.2) is 9.13 Å². The number of hydrogen-bond donors (Lipinski definition) is 0. The van der Waals surface area contributed by atoms with Crippen LogP contribution in [0.3, 0.4) is 0 Å². The van der Waals surface area contributed by atoms with Crippen LogP contribution >= 0.6 is 11.3 Å². The van der Waals surface area contributed by atoms with Gasteiger partial charge in [-0.25, -0.2) is 0 Å². The van der Waals surface area contributed by atoms with E-state index in [1.807, 2.05) is 11.3 Å². The van der Waals surface area contributed by atoms with Gasteiger partial charge < -0.3 is 18.9 Å². The highest BCUT2D eigenvalue weighted by Crippen LogP contribution is 2.45. The number of benzene rings is 10. The zero-order valence-corrected chi connectivity index (χ0v) is 36.1. The maximum absolute atomic E-state index is 2.39. The third-order valence-corrected chi connectivity index (χ3v) is 14.0. The Morgan fingerprint density at radius 3 is 1.14 bits per heavy atom. The number of thiophene rings is 1. The van der Waals surface area contributed by atoms with E-state index in [1.165, 1.54) is 63.8 Å². The molecule has 306 valence electrons. The SMILES string of the molecule is c1ccc(N(c2ccc3c(c2)sc2ccc(N(c4ccccc4)c4ccc5c6ccccc6n(-c6ccccc6)c5c4)cc23)c2ccc3c4ccccc4n(-c4ccccc4)c3c2)cc1. The van der Waals surface area contributed by atoms with Crippen molar-refractivity contribution in [2.75, 3.05) is 9.80 Å². The summed E-state index contributed by atoms with van der Waals surface area (Å²) in [4.78, 5) is 4.79. The molecule has 3 aromatic heterocycles. The van der Waals surface area contributed by atoms with Crippen LogP contribution in [-0.2, 0) is 0 Å². The first-order valence-corrected chi connectivity index (χ1v) is 22.9. The summed E-state index contributed by atoms with van der Waals surface area (Å²) in [5.74, 6) is 0. The molecule has 0 amide bonds. The summed E-state index contributed by atoms with van der Waals surface area (Å²) in [6.07, 6.45) is 0. The number of anilines is 6. The Morgan fingerprint density at radius 1 is 0.246 bits per heavy atom. The molecule has 0 unspecified atom stereocenters. The van der Waals surface area contributed by atoms with E-state index in [9.17, 15) is 0 Å². The third-order valence-electron chi connectivity index (χ3n) is 12.8. The van der Waals surface area contributed by atoms with Crippen molar-refractivity contribution in [1.29, 1.82) is 0 Å². The first-order chi connectivity index (χ1) is 32.2. The van der Waals surface area contributed by atoms with Gasteiger partial charge in [-0.1, -0.05) is 127 Å². The van der Waals surface area contributed by atoms with Gasteiger partial charge in [0.2, 0.25) is 0 Å². The summed E-state index contributed by atoms with van der Waals surface area (Å²) in [7, 11) is 0. The lowest BCUT2D eigenvalue weighted by molar-refractivity contribution is 1.18. The number of nitrogens with zero attached hydrogens (tertiary/aromatic N) is 4. The summed E-state index contributed by atoms with van der Waals surface area (Å²) in [6.45, 7) is 0. The molecule has 3 heterocycles. The monoisotopic (exact) mass is 848 g/mol. The normalized spacial score (nSPS) is 11.7. The van der Waals surface area contributed by atoms with Crippen LogP contribution in [0.4, 0.5) is 34.1 Å². The number of para-hydroxylation sites is 6. The maximum Gasteiger partial charge on any atom is 0.0561 e. The first kappa shape index (κ1) is 37.2. The van der Waals surface area contributed by atoms with E-state index in [0.717, 1.165) is 45.5 Å². The molecule has 0 N–H and O–H groups in total. The van der Waals surface area contributed by atoms with Crippen molar-refractivity contribution in [1.82, 2.24) is 9.13 Å². The number of rotatable bonds is 8. The lowest BCUT2D eigenvalue weighted by atomic mass is 10.1. The van der Waals surface area contributed by atoms with Crippen molar-refractivity contribution in [3.8, 4) is 11.4 Å². The van der Waals surface area contributed by atoms with E-state index in [4.69, 9.17) is 0 Å². The Balaban J connectivity index is 0.952. The minimum absolute atomic E-state index is 1.10. The van der Waals surface area contributed by atoms with Gasteiger partial charge in [0.15, 0.2) is 0 Å². The van der Waals surface area contributed by atoms with Gasteiger partial charge in [0, 0.05) is 87.2 Å². The van der Waals surface area contributed by atoms with E-state index in [-0.39, 0.29) is 0 Å². The smallest absolute Gasteiger partial charge is 0.0561 e. The van der Waals surface area contributed by atoms with Gasteiger partial charge in [0.05, 0.1) is 22.1 Å². The molecule has 0 aliphatic carbocycles. The van der Waals surface area contributed by atoms with Gasteiger partial charge in [-0.05, 0) is 115 Å². The van der Waals surface area contributed by atoms with Crippen molar-refractivity contribution < 1.29 is 0 Å². The molecule has 65 heavy (non-hydrogen) atoms. The van der Waals surface area contributed by atoms with E-state index < -0.39 is 0 Å². The summed E-state index contributed by atoms with van der Waals surface area (Å²) >= 11 is 1.85. The Kier molecular flexibility index (Phi) is 8.68. The molecule has 5 heteroatoms. The largest absolute Gasteiger partial charge is 0.310 e. The molecule has 10 aromatic carbocycles. The molecule has 0 atom stereocenters. The van der Waals surface area contributed by atoms with Crippen LogP contribution in [0.5, 0.6) is 0 Å². The number of aromatic nitrogens is 2. The van der Waals surface area contributed by atoms with Crippen LogP contribution in [0.2, 0.25) is 0 Å². The van der Waals surface area contributed by atoms with E-state index in [0.29, 0.717) is 0 Å². The molecular formula is C60H40N4S. The minimum atomic E-state index is 1.10. The predicted octanol–water partition coefficient (Wildman–Crippen LogP) is 17.2. The highest BCUT2D eigenvalue weighted by Gasteiger charge is 2.21. The second-order valence-electron chi connectivity index (χ2n) is 16.6. The van der Waals surface area contributed by atoms with Gasteiger partial charge >= 0.3 is 0 Å². The lowest BCUT2D eigenvalue weighted by Crippen LogP contribution is -2.10. The fourth-order valence-electron chi connectivity index (χ4n) is 9.99. The van der Waals surface area contributed by atoms with Gasteiger partial charge in [-0.15, -0.1) is 11.3 Å². The van der Waals surface area contributed by atoms with Gasteiger partial charge in [-0.3, -0.25) is 0 Å². The predicted molar refractivity (Wildman–Crippen MR) is 277 cm³/mol. The molecule has 13 rings (SSSR count). The summed E-state index contributed by atoms with van der Waals surface area (Å²) in [6, 6.07) is 88.1. The highest BCUT2D eigenvalue weighted by molar-refractivity contribution is 7.25. The molecule has 0 fully saturated rings. The van der Waals surface area contributed by atoms with Crippen LogP contribution < -0.4 is 9.80 Å². The minimum Gasteiger partial charge on any atom is -0.310 e. The molecule has 13 aromatic rings. The zero-order chi connectivity index (χ0) is 42.8. The van der Waals surface area contributed by atoms with Crippen molar-refractivity contribution in [2.45, 2.75) is 0 Å². The van der Waals surface area contributed by atoms with Gasteiger partial charge in [0.1, 0.15) is 0 Å². The standard InChI is InChI=1S/C60H40N4S/c1-5-17-41(18-6-1)61(46-29-33-51-49-25-13-15-27-55(49)63(57(51)38-46)43-21-9-3-10-22-43)45-32-36-59-54(37-45)53-35-31-48(40-60(53)65-59)62(42-19-7-2-8-20-42)47-30-34-52-50-26-14-16-28-56(50)64(58(52)39-47)44-23-11-4-12-24-44/h1-40H.